The first-order valence-corrected chi connectivity index (χ1v) is 25.8. The number of fused-ring (bicyclic) bond motifs is 3. The molecule has 0 bridgehead atoms. The van der Waals surface area contributed by atoms with Gasteiger partial charge in [0.05, 0.1) is 22.4 Å². The van der Waals surface area contributed by atoms with E-state index in [9.17, 15) is 0 Å². The first kappa shape index (κ1) is 48.0. The lowest BCUT2D eigenvalue weighted by atomic mass is 9.73. The van der Waals surface area contributed by atoms with E-state index in [4.69, 9.17) is 9.72 Å². The average Bonchev–Trinajstić information content (AvgIpc) is 4.06. The van der Waals surface area contributed by atoms with Crippen LogP contribution in [-0.2, 0) is 21.7 Å². The summed E-state index contributed by atoms with van der Waals surface area (Å²) in [5, 5.41) is 2.29. The maximum Gasteiger partial charge on any atom is 0.268 e. The molecule has 0 atom stereocenters. The first-order valence-electron chi connectivity index (χ1n) is 25.8. The Morgan fingerprint density at radius 3 is 1.58 bits per heavy atom. The molecule has 0 saturated heterocycles. The van der Waals surface area contributed by atoms with E-state index in [1.54, 1.807) is 0 Å². The van der Waals surface area contributed by atoms with E-state index < -0.39 is 0 Å². The van der Waals surface area contributed by atoms with Crippen LogP contribution < -0.4 is 9.30 Å². The Morgan fingerprint density at radius 1 is 0.432 bits per heavy atom. The molecule has 0 aliphatic heterocycles. The molecule has 3 heterocycles. The lowest BCUT2D eigenvalue weighted by Gasteiger charge is -2.32. The van der Waals surface area contributed by atoms with E-state index in [-0.39, 0.29) is 21.7 Å². The largest absolute Gasteiger partial charge is 0.458 e. The van der Waals surface area contributed by atoms with Crippen molar-refractivity contribution >= 4 is 21.8 Å². The summed E-state index contributed by atoms with van der Waals surface area (Å²) in [4.78, 5) is 5.00. The molecule has 3 aromatic heterocycles. The van der Waals surface area contributed by atoms with E-state index >= 15 is 0 Å². The third-order valence-corrected chi connectivity index (χ3v) is 15.5. The van der Waals surface area contributed by atoms with Crippen LogP contribution in [0, 0.1) is 6.33 Å². The zero-order valence-corrected chi connectivity index (χ0v) is 44.1. The molecule has 5 heteroatoms. The van der Waals surface area contributed by atoms with E-state index in [1.807, 2.05) is 6.20 Å². The number of imidazole rings is 1. The Hall–Kier alpha value is -8.28. The molecule has 0 radical (unpaired) electrons. The number of rotatable bonds is 12. The molecule has 0 aliphatic rings. The Bertz CT molecular complexity index is 3730. The maximum absolute atomic E-state index is 7.09. The van der Waals surface area contributed by atoms with Gasteiger partial charge in [0.1, 0.15) is 17.3 Å². The molecule has 366 valence electrons. The highest BCUT2D eigenvalue weighted by atomic mass is 16.5. The minimum atomic E-state index is -0.357. The average molecular weight is 965 g/mol. The Labute approximate surface area is 437 Å². The minimum absolute atomic E-state index is 0.0522. The summed E-state index contributed by atoms with van der Waals surface area (Å²) in [5.41, 5.74) is 14.1. The predicted octanol–water partition coefficient (Wildman–Crippen LogP) is 16.8. The van der Waals surface area contributed by atoms with Gasteiger partial charge in [-0.3, -0.25) is 13.7 Å². The van der Waals surface area contributed by atoms with Crippen molar-refractivity contribution in [1.82, 2.24) is 14.1 Å². The van der Waals surface area contributed by atoms with Crippen LogP contribution in [0.5, 0.6) is 11.5 Å². The summed E-state index contributed by atoms with van der Waals surface area (Å²) in [6.45, 7) is 20.6. The number of nitrogens with zero attached hydrogens (tertiary/aromatic N) is 4. The van der Waals surface area contributed by atoms with Crippen LogP contribution >= 0.6 is 0 Å². The Kier molecular flexibility index (Phi) is 12.1. The van der Waals surface area contributed by atoms with Gasteiger partial charge < -0.3 is 4.74 Å². The van der Waals surface area contributed by atoms with E-state index in [0.717, 1.165) is 56.1 Å². The quantitative estimate of drug-likeness (QED) is 0.0903. The van der Waals surface area contributed by atoms with Gasteiger partial charge in [0.2, 0.25) is 0 Å². The van der Waals surface area contributed by atoms with E-state index in [0.29, 0.717) is 0 Å². The molecule has 8 aromatic carbocycles. The number of pyridine rings is 1. The third kappa shape index (κ3) is 9.02. The normalized spacial score (nSPS) is 12.4. The molecule has 0 saturated carbocycles. The van der Waals surface area contributed by atoms with Gasteiger partial charge in [-0.05, 0) is 122 Å². The summed E-state index contributed by atoms with van der Waals surface area (Å²) in [7, 11) is 0. The number of hydrogen-bond donors (Lipinski definition) is 0. The molecular weight excluding hydrogens is 901 g/mol. The van der Waals surface area contributed by atoms with Crippen LogP contribution in [0.4, 0.5) is 0 Å². The van der Waals surface area contributed by atoms with E-state index in [2.05, 4.69) is 301 Å². The highest BCUT2D eigenvalue weighted by Gasteiger charge is 2.30. The fourth-order valence-corrected chi connectivity index (χ4v) is 10.5. The molecule has 0 unspecified atom stereocenters. The van der Waals surface area contributed by atoms with Crippen LogP contribution in [0.3, 0.4) is 0 Å². The van der Waals surface area contributed by atoms with Crippen molar-refractivity contribution in [3.05, 3.63) is 270 Å². The smallest absolute Gasteiger partial charge is 0.268 e. The van der Waals surface area contributed by atoms with Gasteiger partial charge in [0, 0.05) is 51.7 Å². The van der Waals surface area contributed by atoms with Crippen molar-refractivity contribution in [2.24, 2.45) is 0 Å². The lowest BCUT2D eigenvalue weighted by molar-refractivity contribution is -0.599. The second kappa shape index (κ2) is 18.6. The van der Waals surface area contributed by atoms with Crippen LogP contribution in [0.2, 0.25) is 0 Å². The molecule has 0 aliphatic carbocycles. The lowest BCUT2D eigenvalue weighted by Crippen LogP contribution is -2.31. The SMILES string of the molecule is CC(C)(C)c1ccnc(-n2c3ccc(-c4ccccc4)cc3c3ccc(Oc4cc(-n5[c-][n+](-c6cc(C(C)(C)c7ccccc7)cc(C(C)(C)c7ccccc7)c6)cc5)cc(C(C)(C)c5ccccc5)c4)cc32)c1. The van der Waals surface area contributed by atoms with Gasteiger partial charge in [0.15, 0.2) is 0 Å². The minimum Gasteiger partial charge on any atom is -0.458 e. The van der Waals surface area contributed by atoms with Crippen molar-refractivity contribution in [2.45, 2.75) is 84.0 Å². The maximum atomic E-state index is 7.09. The number of aromatic nitrogens is 4. The van der Waals surface area contributed by atoms with Crippen molar-refractivity contribution < 1.29 is 9.30 Å². The number of benzene rings is 8. The highest BCUT2D eigenvalue weighted by molar-refractivity contribution is 6.10. The van der Waals surface area contributed by atoms with Gasteiger partial charge in [-0.1, -0.05) is 196 Å². The molecule has 0 amide bonds. The summed E-state index contributed by atoms with van der Waals surface area (Å²) in [6.07, 6.45) is 9.90. The van der Waals surface area contributed by atoms with Gasteiger partial charge in [-0.15, -0.1) is 0 Å². The Balaban J connectivity index is 1.04. The molecule has 0 spiro atoms. The second-order valence-electron chi connectivity index (χ2n) is 22.5. The monoisotopic (exact) mass is 965 g/mol. The van der Waals surface area contributed by atoms with E-state index in [1.165, 1.54) is 44.5 Å². The van der Waals surface area contributed by atoms with Crippen LogP contribution in [0.25, 0.3) is 50.1 Å². The molecule has 0 fully saturated rings. The summed E-state index contributed by atoms with van der Waals surface area (Å²) >= 11 is 0. The summed E-state index contributed by atoms with van der Waals surface area (Å²) in [5.74, 6) is 2.34. The third-order valence-electron chi connectivity index (χ3n) is 15.5. The van der Waals surface area contributed by atoms with Crippen molar-refractivity contribution in [2.75, 3.05) is 0 Å². The summed E-state index contributed by atoms with van der Waals surface area (Å²) < 4.78 is 13.6. The Morgan fingerprint density at radius 2 is 1.00 bits per heavy atom. The van der Waals surface area contributed by atoms with Crippen LogP contribution in [0.1, 0.15) is 101 Å². The second-order valence-corrected chi connectivity index (χ2v) is 22.5. The van der Waals surface area contributed by atoms with Crippen molar-refractivity contribution in [3.8, 4) is 39.8 Å². The van der Waals surface area contributed by atoms with Crippen LogP contribution in [-0.4, -0.2) is 14.1 Å². The fourth-order valence-electron chi connectivity index (χ4n) is 10.5. The predicted molar refractivity (Wildman–Crippen MR) is 305 cm³/mol. The van der Waals surface area contributed by atoms with Crippen molar-refractivity contribution in [3.63, 3.8) is 0 Å². The molecule has 5 nitrogen and oxygen atoms in total. The number of ether oxygens (including phenoxy) is 1. The fraction of sp³-hybridized carbons (Fsp3) is 0.188. The van der Waals surface area contributed by atoms with Gasteiger partial charge in [-0.25, -0.2) is 4.98 Å². The highest BCUT2D eigenvalue weighted by Crippen LogP contribution is 2.42. The zero-order chi connectivity index (χ0) is 51.4. The molecule has 74 heavy (non-hydrogen) atoms. The zero-order valence-electron chi connectivity index (χ0n) is 44.1. The van der Waals surface area contributed by atoms with Crippen molar-refractivity contribution in [1.29, 1.82) is 0 Å². The summed E-state index contributed by atoms with van der Waals surface area (Å²) in [6, 6.07) is 74.2. The van der Waals surface area contributed by atoms with Gasteiger partial charge in [0.25, 0.3) is 6.33 Å². The molecular formula is C69H64N4O. The topological polar surface area (TPSA) is 35.9 Å². The van der Waals surface area contributed by atoms with Crippen LogP contribution in [0.15, 0.2) is 225 Å². The molecule has 0 N–H and O–H groups in total. The molecule has 11 rings (SSSR count). The first-order chi connectivity index (χ1) is 35.5. The standard InChI is InChI=1S/C69H64N4O/c1-66(2,3)53-34-35-70-65(44-53)73-63-33-30-49(48-22-14-10-15-23-48)38-62(63)61-32-31-59(46-64(61)73)74-60-43-56(69(8,9)52-28-20-13-21-29-52)42-58(45-60)72-37-36-71(47-72)57-40-54(67(4,5)50-24-16-11-17-25-50)39-55(41-57)68(6,7)51-26-18-12-19-27-51/h10-46H,1-9H3. The van der Waals surface area contributed by atoms with Gasteiger partial charge >= 0.3 is 0 Å². The van der Waals surface area contributed by atoms with Gasteiger partial charge in [-0.2, -0.15) is 0 Å². The molecule has 11 aromatic rings. The number of hydrogen-bond acceptors (Lipinski definition) is 2.